The molecule has 1 aromatic carbocycles. The zero-order chi connectivity index (χ0) is 12.0. The van der Waals surface area contributed by atoms with E-state index >= 15 is 0 Å². The maximum Gasteiger partial charge on any atom is 0.103 e. The first kappa shape index (κ1) is 13.0. The van der Waals surface area contributed by atoms with Crippen LogP contribution in [0.15, 0.2) is 22.7 Å². The Morgan fingerprint density at radius 3 is 3.00 bits per heavy atom. The molecule has 1 rings (SSSR count). The van der Waals surface area contributed by atoms with Crippen molar-refractivity contribution in [1.29, 1.82) is 5.26 Å². The highest BCUT2D eigenvalue weighted by Gasteiger charge is 2.07. The van der Waals surface area contributed by atoms with Gasteiger partial charge >= 0.3 is 0 Å². The molecular formula is C11H13BrN2O2. The minimum Gasteiger partial charge on any atom is -0.389 e. The molecule has 1 unspecified atom stereocenters. The SMILES string of the molecule is COCC(O)CNc1cccc(Br)c1C#N. The Morgan fingerprint density at radius 2 is 2.38 bits per heavy atom. The van der Waals surface area contributed by atoms with Crippen LogP contribution >= 0.6 is 15.9 Å². The second-order valence-electron chi connectivity index (χ2n) is 3.26. The number of aliphatic hydroxyl groups excluding tert-OH is 1. The summed E-state index contributed by atoms with van der Waals surface area (Å²) in [6, 6.07) is 7.52. The van der Waals surface area contributed by atoms with Crippen LogP contribution in [-0.2, 0) is 4.74 Å². The van der Waals surface area contributed by atoms with E-state index in [2.05, 4.69) is 27.3 Å². The first-order valence-electron chi connectivity index (χ1n) is 4.78. The number of aliphatic hydroxyl groups is 1. The summed E-state index contributed by atoms with van der Waals surface area (Å²) in [5.74, 6) is 0. The fraction of sp³-hybridized carbons (Fsp3) is 0.364. The number of halogens is 1. The molecule has 0 bridgehead atoms. The summed E-state index contributed by atoms with van der Waals surface area (Å²) in [5, 5.41) is 21.4. The maximum atomic E-state index is 9.46. The maximum absolute atomic E-state index is 9.46. The Bertz CT molecular complexity index is 390. The lowest BCUT2D eigenvalue weighted by Gasteiger charge is -2.13. The molecular weight excluding hydrogens is 272 g/mol. The van der Waals surface area contributed by atoms with Gasteiger partial charge < -0.3 is 15.2 Å². The van der Waals surface area contributed by atoms with E-state index in [1.807, 2.05) is 6.07 Å². The minimum atomic E-state index is -0.587. The Labute approximate surface area is 103 Å². The quantitative estimate of drug-likeness (QED) is 0.865. The molecule has 0 spiro atoms. The van der Waals surface area contributed by atoms with Crippen LogP contribution in [0.4, 0.5) is 5.69 Å². The molecule has 0 aliphatic carbocycles. The van der Waals surface area contributed by atoms with Crippen LogP contribution in [0.2, 0.25) is 0 Å². The zero-order valence-corrected chi connectivity index (χ0v) is 10.5. The van der Waals surface area contributed by atoms with Crippen molar-refractivity contribution in [3.05, 3.63) is 28.2 Å². The van der Waals surface area contributed by atoms with Gasteiger partial charge in [0.15, 0.2) is 0 Å². The van der Waals surface area contributed by atoms with Crippen molar-refractivity contribution >= 4 is 21.6 Å². The van der Waals surface area contributed by atoms with Gasteiger partial charge in [0.1, 0.15) is 6.07 Å². The number of rotatable bonds is 5. The number of nitriles is 1. The van der Waals surface area contributed by atoms with E-state index in [-0.39, 0.29) is 6.61 Å². The van der Waals surface area contributed by atoms with E-state index in [1.54, 1.807) is 12.1 Å². The summed E-state index contributed by atoms with van der Waals surface area (Å²) in [5.41, 5.74) is 1.24. The van der Waals surface area contributed by atoms with Crippen LogP contribution in [0.1, 0.15) is 5.56 Å². The third-order valence-corrected chi connectivity index (χ3v) is 2.67. The summed E-state index contributed by atoms with van der Waals surface area (Å²) in [6.07, 6.45) is -0.587. The molecule has 0 heterocycles. The topological polar surface area (TPSA) is 65.3 Å². The number of anilines is 1. The summed E-state index contributed by atoms with van der Waals surface area (Å²) in [4.78, 5) is 0. The van der Waals surface area contributed by atoms with Crippen molar-refractivity contribution in [2.75, 3.05) is 25.6 Å². The van der Waals surface area contributed by atoms with E-state index in [0.717, 1.165) is 4.47 Å². The number of hydrogen-bond acceptors (Lipinski definition) is 4. The Kier molecular flexibility index (Phi) is 5.26. The fourth-order valence-electron chi connectivity index (χ4n) is 1.26. The number of nitrogens with zero attached hydrogens (tertiary/aromatic N) is 1. The Balaban J connectivity index is 2.67. The average molecular weight is 285 g/mol. The van der Waals surface area contributed by atoms with Crippen LogP contribution in [0.5, 0.6) is 0 Å². The molecule has 0 radical (unpaired) electrons. The van der Waals surface area contributed by atoms with Crippen molar-refractivity contribution < 1.29 is 9.84 Å². The predicted octanol–water partition coefficient (Wildman–Crippen LogP) is 1.74. The van der Waals surface area contributed by atoms with Crippen molar-refractivity contribution in [1.82, 2.24) is 0 Å². The second kappa shape index (κ2) is 6.48. The molecule has 86 valence electrons. The largest absolute Gasteiger partial charge is 0.389 e. The standard InChI is InChI=1S/C11H13BrN2O2/c1-16-7-8(15)6-14-11-4-2-3-10(12)9(11)5-13/h2-4,8,14-15H,6-7H2,1H3. The molecule has 2 N–H and O–H groups in total. The van der Waals surface area contributed by atoms with Gasteiger partial charge in [-0.15, -0.1) is 0 Å². The number of nitrogens with one attached hydrogen (secondary N) is 1. The molecule has 1 atom stereocenters. The number of ether oxygens (including phenoxy) is 1. The third-order valence-electron chi connectivity index (χ3n) is 2.01. The van der Waals surface area contributed by atoms with Gasteiger partial charge in [0.05, 0.1) is 24.0 Å². The summed E-state index contributed by atoms with van der Waals surface area (Å²) in [6.45, 7) is 0.613. The van der Waals surface area contributed by atoms with Crippen LogP contribution in [0.3, 0.4) is 0 Å². The van der Waals surface area contributed by atoms with E-state index < -0.39 is 6.10 Å². The molecule has 0 amide bonds. The van der Waals surface area contributed by atoms with Gasteiger partial charge in [-0.25, -0.2) is 0 Å². The number of benzene rings is 1. The smallest absolute Gasteiger partial charge is 0.103 e. The summed E-state index contributed by atoms with van der Waals surface area (Å²) < 4.78 is 5.55. The van der Waals surface area contributed by atoms with Crippen LogP contribution in [-0.4, -0.2) is 31.5 Å². The third kappa shape index (κ3) is 3.49. The lowest BCUT2D eigenvalue weighted by Crippen LogP contribution is -2.24. The highest BCUT2D eigenvalue weighted by molar-refractivity contribution is 9.10. The molecule has 0 saturated carbocycles. The first-order valence-corrected chi connectivity index (χ1v) is 5.57. The Morgan fingerprint density at radius 1 is 1.62 bits per heavy atom. The lowest BCUT2D eigenvalue weighted by molar-refractivity contribution is 0.0727. The van der Waals surface area contributed by atoms with Crippen molar-refractivity contribution in [2.24, 2.45) is 0 Å². The lowest BCUT2D eigenvalue weighted by atomic mass is 10.2. The molecule has 4 nitrogen and oxygen atoms in total. The van der Waals surface area contributed by atoms with Crippen LogP contribution in [0, 0.1) is 11.3 Å². The molecule has 0 aliphatic rings. The van der Waals surface area contributed by atoms with Crippen molar-refractivity contribution in [3.8, 4) is 6.07 Å². The van der Waals surface area contributed by atoms with Gasteiger partial charge in [-0.3, -0.25) is 0 Å². The van der Waals surface area contributed by atoms with E-state index in [0.29, 0.717) is 17.8 Å². The van der Waals surface area contributed by atoms with Crippen LogP contribution < -0.4 is 5.32 Å². The zero-order valence-electron chi connectivity index (χ0n) is 8.90. The second-order valence-corrected chi connectivity index (χ2v) is 4.12. The van der Waals surface area contributed by atoms with E-state index in [1.165, 1.54) is 7.11 Å². The normalized spacial score (nSPS) is 11.9. The molecule has 5 heteroatoms. The molecule has 16 heavy (non-hydrogen) atoms. The molecule has 1 aromatic rings. The van der Waals surface area contributed by atoms with Crippen molar-refractivity contribution in [3.63, 3.8) is 0 Å². The Hall–Kier alpha value is -1.09. The van der Waals surface area contributed by atoms with Gasteiger partial charge in [-0.05, 0) is 28.1 Å². The van der Waals surface area contributed by atoms with Crippen molar-refractivity contribution in [2.45, 2.75) is 6.10 Å². The number of hydrogen-bond donors (Lipinski definition) is 2. The minimum absolute atomic E-state index is 0.267. The van der Waals surface area contributed by atoms with Gasteiger partial charge in [-0.1, -0.05) is 6.07 Å². The van der Waals surface area contributed by atoms with Crippen LogP contribution in [0.25, 0.3) is 0 Å². The van der Waals surface area contributed by atoms with Gasteiger partial charge in [0, 0.05) is 18.1 Å². The predicted molar refractivity (Wildman–Crippen MR) is 65.2 cm³/mol. The summed E-state index contributed by atoms with van der Waals surface area (Å²) in [7, 11) is 1.53. The van der Waals surface area contributed by atoms with Gasteiger partial charge in [0.25, 0.3) is 0 Å². The molecule has 0 fully saturated rings. The van der Waals surface area contributed by atoms with Gasteiger partial charge in [0.2, 0.25) is 0 Å². The molecule has 0 saturated heterocycles. The summed E-state index contributed by atoms with van der Waals surface area (Å²) >= 11 is 3.30. The monoisotopic (exact) mass is 284 g/mol. The first-order chi connectivity index (χ1) is 7.69. The fourth-order valence-corrected chi connectivity index (χ4v) is 1.72. The molecule has 0 aromatic heterocycles. The average Bonchev–Trinajstić information content (AvgIpc) is 2.27. The van der Waals surface area contributed by atoms with E-state index in [4.69, 9.17) is 10.00 Å². The van der Waals surface area contributed by atoms with E-state index in [9.17, 15) is 5.11 Å². The molecule has 0 aliphatic heterocycles. The number of methoxy groups -OCH3 is 1. The highest BCUT2D eigenvalue weighted by Crippen LogP contribution is 2.23. The van der Waals surface area contributed by atoms with Gasteiger partial charge in [-0.2, -0.15) is 5.26 Å². The highest BCUT2D eigenvalue weighted by atomic mass is 79.9.